The third-order valence-corrected chi connectivity index (χ3v) is 10.6. The second-order valence-electron chi connectivity index (χ2n) is 15.2. The average molecular weight is 629 g/mol. The van der Waals surface area contributed by atoms with E-state index in [9.17, 15) is 9.90 Å². The predicted octanol–water partition coefficient (Wildman–Crippen LogP) is 8.15. The number of carbonyl (C=O) groups excluding carboxylic acids is 2. The SMILES string of the molecule is COC1=C2C(=O)c3c(O)c4c(c(CC=C(C)C)c3O[C@@]23[C@H]2C[C@@H]1C(=O)[C@]3(CC=C(C)C)OC2(C)C)O[C@](C)(CCC=C(C)C)C=C4. The van der Waals surface area contributed by atoms with E-state index in [0.717, 1.165) is 24.0 Å². The van der Waals surface area contributed by atoms with Crippen molar-refractivity contribution in [2.45, 2.75) is 117 Å². The Morgan fingerprint density at radius 2 is 1.65 bits per heavy atom. The quantitative estimate of drug-likeness (QED) is 0.291. The standard InChI is InChI=1S/C39H48O7/c1-21(2)12-11-17-37(9)18-16-24-30(40)28-31(41)29-34(43-10)26-20-27-36(7,8)46-38(35(26)42,19-15-23(5)6)39(27,29)45-33(28)25(32(24)44-37)14-13-22(3)4/h12-13,15-16,18,26-27,40H,11,14,17,19-20H2,1-10H3/t26-,27-,37+,38-,39-/m0/s1. The molecule has 4 bridgehead atoms. The molecular weight excluding hydrogens is 580 g/mol. The number of ether oxygens (including phenoxy) is 4. The fourth-order valence-electron chi connectivity index (χ4n) is 8.45. The van der Waals surface area contributed by atoms with Crippen molar-refractivity contribution < 1.29 is 33.6 Å². The molecule has 1 aromatic carbocycles. The molecule has 0 aromatic heterocycles. The minimum Gasteiger partial charge on any atom is -0.506 e. The van der Waals surface area contributed by atoms with E-state index in [1.54, 1.807) is 0 Å². The first-order chi connectivity index (χ1) is 21.5. The van der Waals surface area contributed by atoms with E-state index in [0.29, 0.717) is 41.1 Å². The number of hydrogen-bond acceptors (Lipinski definition) is 7. The smallest absolute Gasteiger partial charge is 0.204 e. The molecule has 5 atom stereocenters. The maximum atomic E-state index is 15.0. The monoisotopic (exact) mass is 628 g/mol. The maximum Gasteiger partial charge on any atom is 0.204 e. The fourth-order valence-corrected chi connectivity index (χ4v) is 8.45. The van der Waals surface area contributed by atoms with Crippen LogP contribution in [0.25, 0.3) is 6.08 Å². The largest absolute Gasteiger partial charge is 0.506 e. The van der Waals surface area contributed by atoms with Crippen LogP contribution in [0.15, 0.2) is 52.4 Å². The Kier molecular flexibility index (Phi) is 7.55. The third kappa shape index (κ3) is 4.40. The number of methoxy groups -OCH3 is 1. The Morgan fingerprint density at radius 3 is 2.28 bits per heavy atom. The van der Waals surface area contributed by atoms with E-state index in [4.69, 9.17) is 18.9 Å². The number of carbonyl (C=O) groups is 2. The molecule has 7 rings (SSSR count). The number of benzene rings is 1. The summed E-state index contributed by atoms with van der Waals surface area (Å²) < 4.78 is 26.9. The van der Waals surface area contributed by atoms with E-state index in [-0.39, 0.29) is 41.0 Å². The number of aromatic hydroxyl groups is 1. The van der Waals surface area contributed by atoms with Crippen LogP contribution in [0, 0.1) is 11.8 Å². The Morgan fingerprint density at radius 1 is 0.978 bits per heavy atom. The van der Waals surface area contributed by atoms with Gasteiger partial charge in [-0.25, -0.2) is 0 Å². The number of rotatable bonds is 8. The molecule has 3 aliphatic heterocycles. The molecular formula is C39H48O7. The molecule has 3 aliphatic carbocycles. The van der Waals surface area contributed by atoms with Gasteiger partial charge in [-0.1, -0.05) is 34.9 Å². The van der Waals surface area contributed by atoms with Gasteiger partial charge in [0.15, 0.2) is 17.0 Å². The first kappa shape index (κ1) is 32.4. The van der Waals surface area contributed by atoms with Gasteiger partial charge in [0.05, 0.1) is 29.8 Å². The highest BCUT2D eigenvalue weighted by Crippen LogP contribution is 2.70. The van der Waals surface area contributed by atoms with E-state index >= 15 is 4.79 Å². The van der Waals surface area contributed by atoms with Gasteiger partial charge in [0.1, 0.15) is 34.2 Å². The second kappa shape index (κ2) is 10.7. The number of hydrogen-bond donors (Lipinski definition) is 1. The molecule has 2 fully saturated rings. The van der Waals surface area contributed by atoms with Crippen molar-refractivity contribution in [3.63, 3.8) is 0 Å². The van der Waals surface area contributed by atoms with Gasteiger partial charge < -0.3 is 24.1 Å². The highest BCUT2D eigenvalue weighted by molar-refractivity contribution is 6.19. The summed E-state index contributed by atoms with van der Waals surface area (Å²) in [5.41, 5.74) is 0.585. The molecule has 1 saturated carbocycles. The molecule has 1 saturated heterocycles. The van der Waals surface area contributed by atoms with Crippen molar-refractivity contribution >= 4 is 17.6 Å². The molecule has 1 spiro atoms. The van der Waals surface area contributed by atoms with Gasteiger partial charge in [-0.15, -0.1) is 0 Å². The van der Waals surface area contributed by atoms with Crippen LogP contribution >= 0.6 is 0 Å². The lowest BCUT2D eigenvalue weighted by Crippen LogP contribution is -2.73. The molecule has 246 valence electrons. The van der Waals surface area contributed by atoms with Crippen molar-refractivity contribution in [1.82, 2.24) is 0 Å². The lowest BCUT2D eigenvalue weighted by atomic mass is 9.50. The summed E-state index contributed by atoms with van der Waals surface area (Å²) in [6, 6.07) is 0. The fraction of sp³-hybridized carbons (Fsp3) is 0.538. The Bertz CT molecular complexity index is 1690. The van der Waals surface area contributed by atoms with Crippen molar-refractivity contribution in [2.24, 2.45) is 11.8 Å². The predicted molar refractivity (Wildman–Crippen MR) is 178 cm³/mol. The van der Waals surface area contributed by atoms with Crippen LogP contribution in [0.4, 0.5) is 0 Å². The zero-order valence-corrected chi connectivity index (χ0v) is 29.0. The normalized spacial score (nSPS) is 30.9. The van der Waals surface area contributed by atoms with Gasteiger partial charge in [-0.3, -0.25) is 9.59 Å². The molecule has 6 aliphatic rings. The number of phenols is 1. The number of allylic oxidation sites excluding steroid dienone is 6. The summed E-state index contributed by atoms with van der Waals surface area (Å²) in [6.45, 7) is 18.2. The van der Waals surface area contributed by atoms with Crippen LogP contribution in [0.2, 0.25) is 0 Å². The third-order valence-electron chi connectivity index (χ3n) is 10.6. The van der Waals surface area contributed by atoms with Crippen LogP contribution in [0.1, 0.15) is 109 Å². The lowest BCUT2D eigenvalue weighted by molar-refractivity contribution is -0.175. The molecule has 0 amide bonds. The Hall–Kier alpha value is -3.58. The van der Waals surface area contributed by atoms with Gasteiger partial charge in [0.25, 0.3) is 0 Å². The highest BCUT2D eigenvalue weighted by Gasteiger charge is 2.83. The Balaban J connectivity index is 1.64. The summed E-state index contributed by atoms with van der Waals surface area (Å²) in [7, 11) is 1.50. The van der Waals surface area contributed by atoms with Crippen molar-refractivity contribution in [3.8, 4) is 17.2 Å². The molecule has 3 heterocycles. The minimum atomic E-state index is -1.44. The van der Waals surface area contributed by atoms with Crippen LogP contribution < -0.4 is 9.47 Å². The summed E-state index contributed by atoms with van der Waals surface area (Å²) in [5.74, 6) is -0.549. The molecule has 0 radical (unpaired) electrons. The molecule has 7 heteroatoms. The van der Waals surface area contributed by atoms with E-state index in [1.807, 2.05) is 66.7 Å². The van der Waals surface area contributed by atoms with Crippen molar-refractivity contribution in [2.75, 3.05) is 7.11 Å². The number of phenolic OH excluding ortho intramolecular Hbond substituents is 1. The zero-order chi connectivity index (χ0) is 33.6. The highest BCUT2D eigenvalue weighted by atomic mass is 16.6. The lowest BCUT2D eigenvalue weighted by Gasteiger charge is -2.57. The summed E-state index contributed by atoms with van der Waals surface area (Å²) in [6.07, 6.45) is 12.8. The topological polar surface area (TPSA) is 91.3 Å². The van der Waals surface area contributed by atoms with Crippen LogP contribution in [0.3, 0.4) is 0 Å². The summed E-state index contributed by atoms with van der Waals surface area (Å²) >= 11 is 0. The summed E-state index contributed by atoms with van der Waals surface area (Å²) in [4.78, 5) is 29.6. The summed E-state index contributed by atoms with van der Waals surface area (Å²) in [5, 5.41) is 11.9. The van der Waals surface area contributed by atoms with Gasteiger partial charge in [-0.2, -0.15) is 0 Å². The second-order valence-corrected chi connectivity index (χ2v) is 15.2. The molecule has 1 N–H and O–H groups in total. The zero-order valence-electron chi connectivity index (χ0n) is 29.0. The van der Waals surface area contributed by atoms with E-state index < -0.39 is 28.3 Å². The van der Waals surface area contributed by atoms with Crippen LogP contribution in [-0.2, 0) is 20.7 Å². The number of Topliss-reactive ketones (excluding diaryl/α,β-unsaturated/α-hetero) is 2. The van der Waals surface area contributed by atoms with Gasteiger partial charge in [-0.05, 0) is 100 Å². The first-order valence-electron chi connectivity index (χ1n) is 16.5. The maximum absolute atomic E-state index is 15.0. The van der Waals surface area contributed by atoms with Crippen molar-refractivity contribution in [3.05, 3.63) is 69.0 Å². The van der Waals surface area contributed by atoms with Crippen molar-refractivity contribution in [1.29, 1.82) is 0 Å². The van der Waals surface area contributed by atoms with Gasteiger partial charge >= 0.3 is 0 Å². The minimum absolute atomic E-state index is 0.0852. The molecule has 7 nitrogen and oxygen atoms in total. The average Bonchev–Trinajstić information content (AvgIpc) is 3.11. The van der Waals surface area contributed by atoms with E-state index in [2.05, 4.69) is 26.0 Å². The van der Waals surface area contributed by atoms with Crippen LogP contribution in [-0.4, -0.2) is 46.2 Å². The number of fused-ring (bicyclic) bond motifs is 2. The van der Waals surface area contributed by atoms with Crippen LogP contribution in [0.5, 0.6) is 17.2 Å². The Labute approximate surface area is 273 Å². The van der Waals surface area contributed by atoms with Gasteiger partial charge in [0.2, 0.25) is 5.78 Å². The van der Waals surface area contributed by atoms with Gasteiger partial charge in [0, 0.05) is 17.9 Å². The first-order valence-corrected chi connectivity index (χ1v) is 16.5. The number of ketones is 2. The molecule has 46 heavy (non-hydrogen) atoms. The van der Waals surface area contributed by atoms with E-state index in [1.165, 1.54) is 12.7 Å². The molecule has 0 unspecified atom stereocenters. The molecule has 1 aromatic rings.